The van der Waals surface area contributed by atoms with Crippen molar-refractivity contribution in [3.05, 3.63) is 11.6 Å². The molecular weight excluding hydrogens is 246 g/mol. The smallest absolute Gasteiger partial charge is 0.410 e. The van der Waals surface area contributed by atoms with E-state index in [-0.39, 0.29) is 24.0 Å². The number of rotatable bonds is 1. The normalized spacial score (nSPS) is 27.8. The van der Waals surface area contributed by atoms with Gasteiger partial charge in [-0.05, 0) is 33.6 Å². The fourth-order valence-electron chi connectivity index (χ4n) is 2.75. The number of methoxy groups -OCH3 is 1. The third-order valence-corrected chi connectivity index (χ3v) is 3.54. The highest BCUT2D eigenvalue weighted by Gasteiger charge is 2.44. The summed E-state index contributed by atoms with van der Waals surface area (Å²) in [4.78, 5) is 25.1. The van der Waals surface area contributed by atoms with Crippen molar-refractivity contribution >= 4 is 12.1 Å². The van der Waals surface area contributed by atoms with E-state index < -0.39 is 5.60 Å². The van der Waals surface area contributed by atoms with Crippen LogP contribution in [0.1, 0.15) is 33.6 Å². The van der Waals surface area contributed by atoms with Crippen LogP contribution in [-0.4, -0.2) is 42.3 Å². The van der Waals surface area contributed by atoms with Gasteiger partial charge in [-0.15, -0.1) is 0 Å². The molecule has 2 rings (SSSR count). The van der Waals surface area contributed by atoms with Gasteiger partial charge in [-0.3, -0.25) is 0 Å². The Balaban J connectivity index is 1.98. The molecule has 0 radical (unpaired) electrons. The van der Waals surface area contributed by atoms with Crippen LogP contribution in [0.4, 0.5) is 4.79 Å². The second-order valence-corrected chi connectivity index (χ2v) is 6.17. The van der Waals surface area contributed by atoms with E-state index in [9.17, 15) is 9.59 Å². The van der Waals surface area contributed by atoms with Crippen LogP contribution in [0.25, 0.3) is 0 Å². The molecule has 1 saturated heterocycles. The molecule has 0 aromatic heterocycles. The van der Waals surface area contributed by atoms with Crippen LogP contribution >= 0.6 is 0 Å². The average Bonchev–Trinajstić information content (AvgIpc) is 2.85. The van der Waals surface area contributed by atoms with Gasteiger partial charge in [0, 0.05) is 24.6 Å². The van der Waals surface area contributed by atoms with Crippen molar-refractivity contribution in [3.8, 4) is 0 Å². The molecule has 2 aliphatic rings. The predicted octanol–water partition coefficient (Wildman–Crippen LogP) is 2.12. The molecule has 2 fully saturated rings. The van der Waals surface area contributed by atoms with E-state index in [0.717, 1.165) is 18.4 Å². The number of amides is 1. The van der Waals surface area contributed by atoms with E-state index in [1.165, 1.54) is 7.11 Å². The monoisotopic (exact) mass is 267 g/mol. The van der Waals surface area contributed by atoms with Crippen LogP contribution in [0.15, 0.2) is 11.6 Å². The van der Waals surface area contributed by atoms with Gasteiger partial charge in [-0.2, -0.15) is 0 Å². The van der Waals surface area contributed by atoms with Gasteiger partial charge in [0.15, 0.2) is 0 Å². The topological polar surface area (TPSA) is 55.8 Å². The van der Waals surface area contributed by atoms with E-state index >= 15 is 0 Å². The summed E-state index contributed by atoms with van der Waals surface area (Å²) < 4.78 is 10.0. The lowest BCUT2D eigenvalue weighted by Crippen LogP contribution is -2.41. The molecule has 1 saturated carbocycles. The first-order valence-electron chi connectivity index (χ1n) is 6.58. The van der Waals surface area contributed by atoms with Gasteiger partial charge in [-0.1, -0.05) is 5.57 Å². The van der Waals surface area contributed by atoms with E-state index in [1.54, 1.807) is 11.0 Å². The summed E-state index contributed by atoms with van der Waals surface area (Å²) in [5.74, 6) is -0.0389. The number of piperidine rings is 1. The number of likely N-dealkylation sites (tertiary alicyclic amines) is 1. The van der Waals surface area contributed by atoms with Crippen molar-refractivity contribution < 1.29 is 19.1 Å². The summed E-state index contributed by atoms with van der Waals surface area (Å²) in [7, 11) is 1.37. The quantitative estimate of drug-likeness (QED) is 0.539. The van der Waals surface area contributed by atoms with Gasteiger partial charge < -0.3 is 14.4 Å². The Hall–Kier alpha value is -1.52. The molecule has 2 unspecified atom stereocenters. The Labute approximate surface area is 113 Å². The minimum absolute atomic E-state index is 0.163. The summed E-state index contributed by atoms with van der Waals surface area (Å²) in [6.07, 6.45) is 2.98. The SMILES string of the molecule is COC(=O)C=C1CC2CC1CN2C(=O)OC(C)(C)C. The van der Waals surface area contributed by atoms with Crippen molar-refractivity contribution in [3.63, 3.8) is 0 Å². The van der Waals surface area contributed by atoms with Crippen molar-refractivity contribution in [1.82, 2.24) is 4.90 Å². The molecule has 106 valence electrons. The Morgan fingerprint density at radius 1 is 1.37 bits per heavy atom. The largest absolute Gasteiger partial charge is 0.466 e. The number of nitrogens with zero attached hydrogens (tertiary/aromatic N) is 1. The summed E-state index contributed by atoms with van der Waals surface area (Å²) >= 11 is 0. The third kappa shape index (κ3) is 3.08. The van der Waals surface area contributed by atoms with Crippen molar-refractivity contribution in [2.45, 2.75) is 45.3 Å². The molecule has 1 aliphatic heterocycles. The third-order valence-electron chi connectivity index (χ3n) is 3.54. The van der Waals surface area contributed by atoms with Crippen LogP contribution < -0.4 is 0 Å². The number of hydrogen-bond acceptors (Lipinski definition) is 4. The van der Waals surface area contributed by atoms with E-state index in [2.05, 4.69) is 4.74 Å². The summed E-state index contributed by atoms with van der Waals surface area (Å²) in [5.41, 5.74) is 0.625. The average molecular weight is 267 g/mol. The Morgan fingerprint density at radius 2 is 2.05 bits per heavy atom. The first-order chi connectivity index (χ1) is 8.80. The first-order valence-corrected chi connectivity index (χ1v) is 6.58. The molecule has 2 bridgehead atoms. The molecule has 0 aromatic rings. The first kappa shape index (κ1) is 13.9. The highest BCUT2D eigenvalue weighted by Crippen LogP contribution is 2.42. The number of carbonyl (C=O) groups is 2. The molecule has 1 aliphatic carbocycles. The molecule has 1 heterocycles. The zero-order chi connectivity index (χ0) is 14.2. The maximum Gasteiger partial charge on any atom is 0.410 e. The van der Waals surface area contributed by atoms with Gasteiger partial charge in [0.25, 0.3) is 0 Å². The van der Waals surface area contributed by atoms with Crippen molar-refractivity contribution in [1.29, 1.82) is 0 Å². The highest BCUT2D eigenvalue weighted by molar-refractivity contribution is 5.83. The van der Waals surface area contributed by atoms with Crippen LogP contribution in [0.3, 0.4) is 0 Å². The van der Waals surface area contributed by atoms with Gasteiger partial charge in [0.2, 0.25) is 0 Å². The van der Waals surface area contributed by atoms with Gasteiger partial charge in [-0.25, -0.2) is 9.59 Å². The van der Waals surface area contributed by atoms with E-state index in [4.69, 9.17) is 4.74 Å². The maximum absolute atomic E-state index is 12.0. The number of esters is 1. The maximum atomic E-state index is 12.0. The summed E-state index contributed by atoms with van der Waals surface area (Å²) in [6.45, 7) is 6.23. The van der Waals surface area contributed by atoms with Crippen molar-refractivity contribution in [2.24, 2.45) is 5.92 Å². The number of hydrogen-bond donors (Lipinski definition) is 0. The van der Waals surface area contributed by atoms with Gasteiger partial charge in [0.1, 0.15) is 5.60 Å². The molecule has 5 heteroatoms. The molecule has 1 amide bonds. The lowest BCUT2D eigenvalue weighted by molar-refractivity contribution is -0.134. The minimum Gasteiger partial charge on any atom is -0.466 e. The van der Waals surface area contributed by atoms with Crippen LogP contribution in [0, 0.1) is 5.92 Å². The number of ether oxygens (including phenoxy) is 2. The standard InChI is InChI=1S/C14H21NO4/c1-14(2,3)19-13(17)15-8-10-6-11(15)5-9(10)7-12(16)18-4/h7,10-11H,5-6,8H2,1-4H3. The zero-order valence-corrected chi connectivity index (χ0v) is 11.9. The minimum atomic E-state index is -0.469. The summed E-state index contributed by atoms with van der Waals surface area (Å²) in [6, 6.07) is 0.163. The molecular formula is C14H21NO4. The lowest BCUT2D eigenvalue weighted by atomic mass is 10.0. The predicted molar refractivity (Wildman–Crippen MR) is 69.6 cm³/mol. The van der Waals surface area contributed by atoms with Gasteiger partial charge >= 0.3 is 12.1 Å². The van der Waals surface area contributed by atoms with Crippen molar-refractivity contribution in [2.75, 3.05) is 13.7 Å². The fraction of sp³-hybridized carbons (Fsp3) is 0.714. The van der Waals surface area contributed by atoms with Crippen LogP contribution in [-0.2, 0) is 14.3 Å². The molecule has 0 aromatic carbocycles. The Morgan fingerprint density at radius 3 is 2.53 bits per heavy atom. The summed E-state index contributed by atoms with van der Waals surface area (Å²) in [5, 5.41) is 0. The molecule has 19 heavy (non-hydrogen) atoms. The molecule has 5 nitrogen and oxygen atoms in total. The van der Waals surface area contributed by atoms with Crippen LogP contribution in [0.5, 0.6) is 0 Å². The van der Waals surface area contributed by atoms with E-state index in [1.807, 2.05) is 20.8 Å². The second kappa shape index (κ2) is 4.87. The molecule has 0 spiro atoms. The second-order valence-electron chi connectivity index (χ2n) is 6.17. The van der Waals surface area contributed by atoms with Crippen LogP contribution in [0.2, 0.25) is 0 Å². The zero-order valence-electron chi connectivity index (χ0n) is 11.9. The molecule has 0 N–H and O–H groups in total. The Kier molecular flexibility index (Phi) is 3.56. The highest BCUT2D eigenvalue weighted by atomic mass is 16.6. The van der Waals surface area contributed by atoms with E-state index in [0.29, 0.717) is 6.54 Å². The number of carbonyl (C=O) groups excluding carboxylic acids is 2. The lowest BCUT2D eigenvalue weighted by Gasteiger charge is -2.30. The van der Waals surface area contributed by atoms with Gasteiger partial charge in [0.05, 0.1) is 7.11 Å². The Bertz CT molecular complexity index is 422. The molecule has 2 atom stereocenters. The fourth-order valence-corrected chi connectivity index (χ4v) is 2.75. The number of fused-ring (bicyclic) bond motifs is 2.